The fourth-order valence-electron chi connectivity index (χ4n) is 7.97. The first-order valence-corrected chi connectivity index (χ1v) is 28.4. The van der Waals surface area contributed by atoms with Crippen LogP contribution < -0.4 is 5.32 Å². The summed E-state index contributed by atoms with van der Waals surface area (Å²) in [5.41, 5.74) is 0. The van der Waals surface area contributed by atoms with Crippen LogP contribution in [0.5, 0.6) is 0 Å². The molecule has 0 radical (unpaired) electrons. The predicted molar refractivity (Wildman–Crippen MR) is 303 cm³/mol. The lowest BCUT2D eigenvalue weighted by Gasteiger charge is -2.40. The Morgan fingerprint density at radius 2 is 0.875 bits per heavy atom. The number of hydrogen-bond donors (Lipinski definition) is 6. The SMILES string of the molecule is CC/C=C\C/C=C\C/C=C\C/C=C\C/C=C\C/C=C\C/C=C\C/C=C\CCCCCCCCCCCCC(=O)NC(COC1OC(CO)C(O)C(O)C1O)C(O)/C=C/CC/C=C/CC/C=C/CCCCCC. The summed E-state index contributed by atoms with van der Waals surface area (Å²) in [6.45, 7) is 3.60. The highest BCUT2D eigenvalue weighted by molar-refractivity contribution is 5.76. The van der Waals surface area contributed by atoms with Crippen LogP contribution in [0.15, 0.2) is 134 Å². The molecule has 9 nitrogen and oxygen atoms in total. The Hall–Kier alpha value is -3.67. The number of allylic oxidation sites excluding steroid dienone is 21. The van der Waals surface area contributed by atoms with Gasteiger partial charge in [-0.3, -0.25) is 4.79 Å². The van der Waals surface area contributed by atoms with E-state index < -0.39 is 49.5 Å². The Morgan fingerprint density at radius 3 is 1.33 bits per heavy atom. The number of ether oxygens (including phenoxy) is 2. The maximum absolute atomic E-state index is 13.0. The highest BCUT2D eigenvalue weighted by Crippen LogP contribution is 2.22. The molecule has 1 aliphatic rings. The zero-order valence-electron chi connectivity index (χ0n) is 45.1. The second-order valence-corrected chi connectivity index (χ2v) is 19.0. The third-order valence-electron chi connectivity index (χ3n) is 12.4. The van der Waals surface area contributed by atoms with E-state index in [4.69, 9.17) is 9.47 Å². The first-order valence-electron chi connectivity index (χ1n) is 28.4. The number of aliphatic hydroxyl groups is 5. The minimum atomic E-state index is -1.58. The molecule has 1 amide bonds. The van der Waals surface area contributed by atoms with Crippen LogP contribution in [0.4, 0.5) is 0 Å². The number of carbonyl (C=O) groups is 1. The molecule has 0 spiro atoms. The standard InChI is InChI=1S/C63H103NO8/c1-3-5-7-9-11-13-15-17-19-20-21-22-23-24-25-26-27-28-29-30-31-32-33-34-35-36-37-38-39-41-43-45-47-49-51-53-59(67)64-56(55-71-63-62(70)61(69)60(68)58(54-65)72-63)57(66)52-50-48-46-44-42-40-18-16-14-12-10-8-6-4-2/h5,7,11,13-14,16-17,19,21-22,24-25,27-28,30-31,33-34,42,44,50,52,56-58,60-63,65-66,68-70H,3-4,6,8-10,12,15,18,20,23,26,29,32,35-41,43,45-49,51,53-55H2,1-2H3,(H,64,67)/b7-5-,13-11-,16-14+,19-17-,22-21-,25-24-,28-27-,31-30-,34-33-,44-42+,52-50+. The number of nitrogens with one attached hydrogen (secondary N) is 1. The molecule has 9 heteroatoms. The van der Waals surface area contributed by atoms with Crippen LogP contribution in [0.25, 0.3) is 0 Å². The van der Waals surface area contributed by atoms with Crippen LogP contribution in [0.1, 0.15) is 200 Å². The number of aliphatic hydroxyl groups excluding tert-OH is 5. The Labute approximate surface area is 439 Å². The Kier molecular flexibility index (Phi) is 46.9. The van der Waals surface area contributed by atoms with Crippen LogP contribution in [-0.2, 0) is 14.3 Å². The van der Waals surface area contributed by atoms with Crippen molar-refractivity contribution in [1.29, 1.82) is 0 Å². The third-order valence-corrected chi connectivity index (χ3v) is 12.4. The zero-order valence-corrected chi connectivity index (χ0v) is 45.1. The summed E-state index contributed by atoms with van der Waals surface area (Å²) in [5, 5.41) is 54.3. The number of unbranched alkanes of at least 4 members (excludes halogenated alkanes) is 16. The van der Waals surface area contributed by atoms with Gasteiger partial charge in [-0.25, -0.2) is 0 Å². The van der Waals surface area contributed by atoms with Gasteiger partial charge in [0.1, 0.15) is 24.4 Å². The maximum Gasteiger partial charge on any atom is 0.220 e. The molecule has 1 heterocycles. The Morgan fingerprint density at radius 1 is 0.486 bits per heavy atom. The Balaban J connectivity index is 2.20. The van der Waals surface area contributed by atoms with Gasteiger partial charge in [-0.1, -0.05) is 218 Å². The van der Waals surface area contributed by atoms with Crippen LogP contribution >= 0.6 is 0 Å². The molecular formula is C63H103NO8. The molecule has 0 aromatic heterocycles. The zero-order chi connectivity index (χ0) is 52.2. The van der Waals surface area contributed by atoms with E-state index in [1.54, 1.807) is 6.08 Å². The van der Waals surface area contributed by atoms with Gasteiger partial charge in [-0.2, -0.15) is 0 Å². The average Bonchev–Trinajstić information content (AvgIpc) is 3.38. The minimum absolute atomic E-state index is 0.203. The van der Waals surface area contributed by atoms with Crippen molar-refractivity contribution in [3.05, 3.63) is 134 Å². The van der Waals surface area contributed by atoms with E-state index in [1.807, 2.05) is 6.08 Å². The van der Waals surface area contributed by atoms with Crippen LogP contribution in [0.2, 0.25) is 0 Å². The smallest absolute Gasteiger partial charge is 0.220 e. The molecule has 1 rings (SSSR count). The van der Waals surface area contributed by atoms with E-state index in [0.717, 1.165) is 116 Å². The number of hydrogen-bond acceptors (Lipinski definition) is 8. The van der Waals surface area contributed by atoms with Gasteiger partial charge < -0.3 is 40.3 Å². The van der Waals surface area contributed by atoms with Crippen molar-refractivity contribution in [3.63, 3.8) is 0 Å². The van der Waals surface area contributed by atoms with Gasteiger partial charge in [0.15, 0.2) is 6.29 Å². The maximum atomic E-state index is 13.0. The molecule has 6 N–H and O–H groups in total. The Bertz CT molecular complexity index is 1580. The van der Waals surface area contributed by atoms with Gasteiger partial charge in [-0.05, 0) is 109 Å². The molecule has 7 atom stereocenters. The lowest BCUT2D eigenvalue weighted by molar-refractivity contribution is -0.302. The van der Waals surface area contributed by atoms with Crippen molar-refractivity contribution in [2.45, 2.75) is 243 Å². The molecule has 1 saturated heterocycles. The molecule has 0 aromatic carbocycles. The molecule has 1 aliphatic heterocycles. The van der Waals surface area contributed by atoms with E-state index in [0.29, 0.717) is 6.42 Å². The van der Waals surface area contributed by atoms with Gasteiger partial charge in [-0.15, -0.1) is 0 Å². The highest BCUT2D eigenvalue weighted by Gasteiger charge is 2.44. The summed E-state index contributed by atoms with van der Waals surface area (Å²) >= 11 is 0. The predicted octanol–water partition coefficient (Wildman–Crippen LogP) is 14.1. The summed E-state index contributed by atoms with van der Waals surface area (Å²) in [7, 11) is 0. The molecule has 72 heavy (non-hydrogen) atoms. The van der Waals surface area contributed by atoms with Crippen molar-refractivity contribution in [2.75, 3.05) is 13.2 Å². The lowest BCUT2D eigenvalue weighted by atomic mass is 9.99. The first-order chi connectivity index (χ1) is 35.3. The van der Waals surface area contributed by atoms with Gasteiger partial charge in [0.05, 0.1) is 25.4 Å². The third kappa shape index (κ3) is 39.8. The molecule has 0 aliphatic carbocycles. The second-order valence-electron chi connectivity index (χ2n) is 19.0. The monoisotopic (exact) mass is 1000 g/mol. The topological polar surface area (TPSA) is 149 Å². The van der Waals surface area contributed by atoms with E-state index in [1.165, 1.54) is 64.2 Å². The van der Waals surface area contributed by atoms with Gasteiger partial charge >= 0.3 is 0 Å². The molecule has 0 saturated carbocycles. The molecule has 408 valence electrons. The van der Waals surface area contributed by atoms with Crippen LogP contribution in [0, 0.1) is 0 Å². The normalized spacial score (nSPS) is 20.2. The van der Waals surface area contributed by atoms with Crippen molar-refractivity contribution < 1.29 is 39.8 Å². The average molecular weight is 1000 g/mol. The van der Waals surface area contributed by atoms with Crippen LogP contribution in [-0.4, -0.2) is 87.5 Å². The fourth-order valence-corrected chi connectivity index (χ4v) is 7.97. The highest BCUT2D eigenvalue weighted by atomic mass is 16.7. The summed E-state index contributed by atoms with van der Waals surface area (Å²) in [5.74, 6) is -0.203. The summed E-state index contributed by atoms with van der Waals surface area (Å²) in [6.07, 6.45) is 70.9. The second kappa shape index (κ2) is 50.8. The first kappa shape index (κ1) is 66.3. The van der Waals surface area contributed by atoms with Crippen molar-refractivity contribution >= 4 is 5.91 Å². The molecule has 1 fully saturated rings. The van der Waals surface area contributed by atoms with Gasteiger partial charge in [0.25, 0.3) is 0 Å². The summed E-state index contributed by atoms with van der Waals surface area (Å²) in [4.78, 5) is 13.0. The fraction of sp³-hybridized carbons (Fsp3) is 0.635. The van der Waals surface area contributed by atoms with Crippen molar-refractivity contribution in [2.24, 2.45) is 0 Å². The number of carbonyl (C=O) groups excluding carboxylic acids is 1. The number of rotatable bonds is 46. The summed E-state index contributed by atoms with van der Waals surface area (Å²) in [6, 6.07) is -0.839. The molecule has 7 unspecified atom stereocenters. The van der Waals surface area contributed by atoms with E-state index in [2.05, 4.69) is 141 Å². The molecule has 0 aromatic rings. The summed E-state index contributed by atoms with van der Waals surface area (Å²) < 4.78 is 11.2. The van der Waals surface area contributed by atoms with Gasteiger partial charge in [0.2, 0.25) is 5.91 Å². The quantitative estimate of drug-likeness (QED) is 0.0261. The van der Waals surface area contributed by atoms with E-state index in [9.17, 15) is 30.3 Å². The van der Waals surface area contributed by atoms with E-state index in [-0.39, 0.29) is 12.5 Å². The minimum Gasteiger partial charge on any atom is -0.394 e. The van der Waals surface area contributed by atoms with Gasteiger partial charge in [0, 0.05) is 6.42 Å². The largest absolute Gasteiger partial charge is 0.394 e. The van der Waals surface area contributed by atoms with Crippen molar-refractivity contribution in [1.82, 2.24) is 5.32 Å². The lowest BCUT2D eigenvalue weighted by Crippen LogP contribution is -2.60. The number of amides is 1. The molecular weight excluding hydrogens is 899 g/mol. The van der Waals surface area contributed by atoms with Crippen molar-refractivity contribution in [3.8, 4) is 0 Å². The van der Waals surface area contributed by atoms with E-state index >= 15 is 0 Å². The van der Waals surface area contributed by atoms with Crippen LogP contribution in [0.3, 0.4) is 0 Å². The molecule has 0 bridgehead atoms.